The first kappa shape index (κ1) is 94.5. The Morgan fingerprint density at radius 1 is 0.320 bits per heavy atom. The molecule has 0 aliphatic heterocycles. The lowest BCUT2D eigenvalue weighted by Crippen LogP contribution is -2.30. The van der Waals surface area contributed by atoms with E-state index in [1.54, 1.807) is 0 Å². The Kier molecular flexibility index (Phi) is 67.5. The molecule has 0 heterocycles. The zero-order valence-corrected chi connectivity index (χ0v) is 64.7. The highest BCUT2D eigenvalue weighted by Crippen LogP contribution is 2.45. The first-order valence-electron chi connectivity index (χ1n) is 39.8. The van der Waals surface area contributed by atoms with Gasteiger partial charge in [-0.2, -0.15) is 0 Å². The second kappa shape index (κ2) is 69.3. The number of ether oxygens (including phenoxy) is 4. The number of aliphatic hydroxyl groups excluding tert-OH is 1. The van der Waals surface area contributed by atoms with E-state index in [1.165, 1.54) is 180 Å². The lowest BCUT2D eigenvalue weighted by atomic mass is 10.0. The van der Waals surface area contributed by atoms with Gasteiger partial charge in [0, 0.05) is 25.7 Å². The van der Waals surface area contributed by atoms with Crippen molar-refractivity contribution >= 4 is 39.5 Å². The number of aliphatic hydroxyl groups is 1. The van der Waals surface area contributed by atoms with Crippen LogP contribution in [0.15, 0.2) is 24.3 Å². The van der Waals surface area contributed by atoms with E-state index >= 15 is 0 Å². The smallest absolute Gasteiger partial charge is 0.462 e. The number of rotatable bonds is 75. The molecule has 0 radical (unpaired) electrons. The van der Waals surface area contributed by atoms with E-state index < -0.39 is 97.5 Å². The number of hydrogen-bond acceptors (Lipinski definition) is 15. The topological polar surface area (TPSA) is 237 Å². The van der Waals surface area contributed by atoms with Crippen LogP contribution in [0.4, 0.5) is 0 Å². The number of carbonyl (C=O) groups excluding carboxylic acids is 4. The van der Waals surface area contributed by atoms with Gasteiger partial charge in [-0.15, -0.1) is 0 Å². The maximum Gasteiger partial charge on any atom is 0.472 e. The van der Waals surface area contributed by atoms with Crippen molar-refractivity contribution in [2.75, 3.05) is 39.6 Å². The Balaban J connectivity index is 5.30. The summed E-state index contributed by atoms with van der Waals surface area (Å²) >= 11 is 0. The van der Waals surface area contributed by atoms with Crippen molar-refractivity contribution < 1.29 is 80.2 Å². The fourth-order valence-corrected chi connectivity index (χ4v) is 13.0. The van der Waals surface area contributed by atoms with Crippen LogP contribution >= 0.6 is 15.6 Å². The molecule has 0 aromatic carbocycles. The van der Waals surface area contributed by atoms with Crippen LogP contribution in [0.1, 0.15) is 382 Å². The molecule has 0 bridgehead atoms. The van der Waals surface area contributed by atoms with Gasteiger partial charge in [0.1, 0.15) is 19.3 Å². The molecule has 0 aliphatic rings. The zero-order valence-electron chi connectivity index (χ0n) is 62.9. The van der Waals surface area contributed by atoms with Gasteiger partial charge >= 0.3 is 39.5 Å². The summed E-state index contributed by atoms with van der Waals surface area (Å²) in [7, 11) is -9.93. The minimum absolute atomic E-state index is 0.100. The highest BCUT2D eigenvalue weighted by atomic mass is 31.2. The highest BCUT2D eigenvalue weighted by Gasteiger charge is 2.30. The second-order valence-corrected chi connectivity index (χ2v) is 31.3. The lowest BCUT2D eigenvalue weighted by Gasteiger charge is -2.21. The average Bonchev–Trinajstić information content (AvgIpc) is 1.06. The molecular weight excluding hydrogens is 1270 g/mol. The lowest BCUT2D eigenvalue weighted by molar-refractivity contribution is -0.161. The van der Waals surface area contributed by atoms with E-state index in [2.05, 4.69) is 65.8 Å². The van der Waals surface area contributed by atoms with E-state index in [1.807, 2.05) is 0 Å². The third-order valence-electron chi connectivity index (χ3n) is 17.6. The van der Waals surface area contributed by atoms with Crippen LogP contribution in [0, 0.1) is 11.8 Å². The highest BCUT2D eigenvalue weighted by molar-refractivity contribution is 7.47. The number of phosphoric acid groups is 2. The van der Waals surface area contributed by atoms with Crippen molar-refractivity contribution in [1.29, 1.82) is 0 Å². The van der Waals surface area contributed by atoms with Gasteiger partial charge in [0.05, 0.1) is 26.4 Å². The number of carbonyl (C=O) groups is 4. The predicted molar refractivity (Wildman–Crippen MR) is 395 cm³/mol. The van der Waals surface area contributed by atoms with Crippen molar-refractivity contribution in [2.24, 2.45) is 11.8 Å². The van der Waals surface area contributed by atoms with Crippen LogP contribution in [0.5, 0.6) is 0 Å². The summed E-state index contributed by atoms with van der Waals surface area (Å²) in [6.45, 7) is 9.55. The number of unbranched alkanes of at least 4 members (excludes halogenated alkanes) is 42. The number of allylic oxidation sites excluding steroid dienone is 4. The molecule has 0 fully saturated rings. The SMILES string of the molecule is CCCCCC/C=C\C=C/CCCCCCCC(=O)OC[C@H](COP(=O)(O)OC[C@@H](O)COP(=O)(O)OC[C@@H](COC(=O)CCCCCCCCCCCC(C)C)OC(=O)CCCCCCCCCCCCCCCC)OC(=O)CCCCCCCCCCCCCCCC(C)C. The van der Waals surface area contributed by atoms with E-state index in [4.69, 9.17) is 37.0 Å². The molecule has 19 heteroatoms. The summed E-state index contributed by atoms with van der Waals surface area (Å²) in [5.41, 5.74) is 0. The molecule has 572 valence electrons. The molecule has 2 unspecified atom stereocenters. The number of esters is 4. The minimum Gasteiger partial charge on any atom is -0.462 e. The molecule has 0 aliphatic carbocycles. The summed E-state index contributed by atoms with van der Waals surface area (Å²) in [4.78, 5) is 72.9. The molecule has 0 aromatic rings. The summed E-state index contributed by atoms with van der Waals surface area (Å²) in [6.07, 6.45) is 60.3. The molecule has 17 nitrogen and oxygen atoms in total. The summed E-state index contributed by atoms with van der Waals surface area (Å²) in [5, 5.41) is 10.6. The summed E-state index contributed by atoms with van der Waals surface area (Å²) < 4.78 is 68.6. The van der Waals surface area contributed by atoms with Crippen LogP contribution in [0.25, 0.3) is 0 Å². The molecule has 0 spiro atoms. The van der Waals surface area contributed by atoms with Gasteiger partial charge < -0.3 is 33.8 Å². The molecule has 0 saturated carbocycles. The molecule has 0 saturated heterocycles. The van der Waals surface area contributed by atoms with Crippen molar-refractivity contribution in [3.63, 3.8) is 0 Å². The van der Waals surface area contributed by atoms with Gasteiger partial charge in [-0.1, -0.05) is 329 Å². The van der Waals surface area contributed by atoms with Gasteiger partial charge in [-0.05, 0) is 63.2 Å². The van der Waals surface area contributed by atoms with Crippen LogP contribution in [-0.4, -0.2) is 96.7 Å². The quantitative estimate of drug-likeness (QED) is 0.0169. The molecular formula is C78H148O17P2. The predicted octanol–water partition coefficient (Wildman–Crippen LogP) is 22.7. The Bertz CT molecular complexity index is 1970. The largest absolute Gasteiger partial charge is 0.472 e. The minimum atomic E-state index is -4.97. The van der Waals surface area contributed by atoms with E-state index in [0.717, 1.165) is 121 Å². The van der Waals surface area contributed by atoms with Crippen molar-refractivity contribution in [2.45, 2.75) is 400 Å². The van der Waals surface area contributed by atoms with Gasteiger partial charge in [0.2, 0.25) is 0 Å². The van der Waals surface area contributed by atoms with Gasteiger partial charge in [0.25, 0.3) is 0 Å². The summed E-state index contributed by atoms with van der Waals surface area (Å²) in [6, 6.07) is 0. The van der Waals surface area contributed by atoms with Gasteiger partial charge in [-0.25, -0.2) is 9.13 Å². The first-order valence-corrected chi connectivity index (χ1v) is 42.8. The Hall–Kier alpha value is -2.46. The van der Waals surface area contributed by atoms with Gasteiger partial charge in [0.15, 0.2) is 12.2 Å². The van der Waals surface area contributed by atoms with Crippen LogP contribution in [0.3, 0.4) is 0 Å². The standard InChI is InChI=1S/C78H148O17P2/c1-7-9-11-13-15-17-19-21-23-27-30-36-42-48-54-60-75(80)88-66-73(94-78(83)63-57-51-45-38-32-28-24-25-29-34-40-46-52-58-70(3)4)68-92-96(84,85)90-64-72(79)65-91-97(86,87)93-69-74(67-89-76(81)61-55-49-43-39-33-35-41-47-53-59-71(5)6)95-77(82)62-56-50-44-37-31-26-22-20-18-16-14-12-10-8-2/h17,19,21,23,70-74,79H,7-16,18,20,22,24-69H2,1-6H3,(H,84,85)(H,86,87)/b19-17-,23-21-/t72-,73-,74-/m1/s1. The zero-order chi connectivity index (χ0) is 71.4. The number of hydrogen-bond donors (Lipinski definition) is 3. The molecule has 0 aromatic heterocycles. The second-order valence-electron chi connectivity index (χ2n) is 28.4. The fourth-order valence-electron chi connectivity index (χ4n) is 11.5. The van der Waals surface area contributed by atoms with Crippen LogP contribution in [-0.2, 0) is 65.4 Å². The Morgan fingerprint density at radius 3 is 0.845 bits per heavy atom. The Labute approximate surface area is 592 Å². The van der Waals surface area contributed by atoms with Crippen LogP contribution in [0.2, 0.25) is 0 Å². The van der Waals surface area contributed by atoms with E-state index in [-0.39, 0.29) is 25.7 Å². The van der Waals surface area contributed by atoms with Crippen molar-refractivity contribution in [3.05, 3.63) is 24.3 Å². The van der Waals surface area contributed by atoms with E-state index in [0.29, 0.717) is 25.7 Å². The maximum absolute atomic E-state index is 13.1. The first-order chi connectivity index (χ1) is 46.9. The third-order valence-corrected chi connectivity index (χ3v) is 19.5. The van der Waals surface area contributed by atoms with Crippen LogP contribution < -0.4 is 0 Å². The molecule has 5 atom stereocenters. The number of phosphoric ester groups is 2. The maximum atomic E-state index is 13.1. The molecule has 0 amide bonds. The van der Waals surface area contributed by atoms with Gasteiger partial charge in [-0.3, -0.25) is 37.3 Å². The monoisotopic (exact) mass is 1420 g/mol. The third kappa shape index (κ3) is 71.7. The molecule has 97 heavy (non-hydrogen) atoms. The van der Waals surface area contributed by atoms with Crippen molar-refractivity contribution in [3.8, 4) is 0 Å². The molecule has 3 N–H and O–H groups in total. The average molecular weight is 1420 g/mol. The normalized spacial score (nSPS) is 14.1. The van der Waals surface area contributed by atoms with E-state index in [9.17, 15) is 43.2 Å². The molecule has 0 rings (SSSR count). The fraction of sp³-hybridized carbons (Fsp3) is 0.897. The Morgan fingerprint density at radius 2 is 0.557 bits per heavy atom. The summed E-state index contributed by atoms with van der Waals surface area (Å²) in [5.74, 6) is -0.615. The van der Waals surface area contributed by atoms with Crippen molar-refractivity contribution in [1.82, 2.24) is 0 Å².